The molecular formula is C20H26N8. The fraction of sp³-hybridized carbons (Fsp3) is 0.400. The van der Waals surface area contributed by atoms with Gasteiger partial charge in [-0.1, -0.05) is 30.7 Å². The van der Waals surface area contributed by atoms with Crippen LogP contribution in [0.3, 0.4) is 0 Å². The fourth-order valence-electron chi connectivity index (χ4n) is 3.98. The number of anilines is 3. The minimum atomic E-state index is 0.0528. The summed E-state index contributed by atoms with van der Waals surface area (Å²) < 4.78 is 0. The lowest BCUT2D eigenvalue weighted by molar-refractivity contribution is 0.0953. The summed E-state index contributed by atoms with van der Waals surface area (Å²) in [6.45, 7) is 5.57. The van der Waals surface area contributed by atoms with Crippen LogP contribution >= 0.6 is 0 Å². The average molecular weight is 378 g/mol. The molecule has 4 rings (SSSR count). The first-order valence-corrected chi connectivity index (χ1v) is 9.63. The largest absolute Gasteiger partial charge is 0.382 e. The van der Waals surface area contributed by atoms with Crippen molar-refractivity contribution in [3.05, 3.63) is 29.8 Å². The summed E-state index contributed by atoms with van der Waals surface area (Å²) in [6, 6.07) is 9.51. The topological polar surface area (TPSA) is 133 Å². The van der Waals surface area contributed by atoms with Crippen molar-refractivity contribution in [3.8, 4) is 11.3 Å². The molecule has 0 radical (unpaired) electrons. The van der Waals surface area contributed by atoms with E-state index in [2.05, 4.69) is 50.8 Å². The van der Waals surface area contributed by atoms with Gasteiger partial charge in [0.2, 0.25) is 5.95 Å². The lowest BCUT2D eigenvalue weighted by Gasteiger charge is -2.39. The third-order valence-electron chi connectivity index (χ3n) is 5.57. The van der Waals surface area contributed by atoms with Crippen LogP contribution in [0.15, 0.2) is 24.3 Å². The van der Waals surface area contributed by atoms with Gasteiger partial charge in [-0.25, -0.2) is 9.97 Å². The Labute approximate surface area is 164 Å². The minimum absolute atomic E-state index is 0.0528. The normalized spacial score (nSPS) is 20.5. The molecule has 1 aliphatic heterocycles. The van der Waals surface area contributed by atoms with Crippen LogP contribution in [0.25, 0.3) is 22.4 Å². The van der Waals surface area contributed by atoms with E-state index in [0.717, 1.165) is 12.1 Å². The van der Waals surface area contributed by atoms with Crippen molar-refractivity contribution in [1.82, 2.24) is 24.8 Å². The third kappa shape index (κ3) is 3.43. The second-order valence-electron chi connectivity index (χ2n) is 7.59. The molecule has 8 heteroatoms. The highest BCUT2D eigenvalue weighted by atomic mass is 15.2. The van der Waals surface area contributed by atoms with Crippen LogP contribution in [0.4, 0.5) is 17.6 Å². The van der Waals surface area contributed by atoms with E-state index in [4.69, 9.17) is 17.2 Å². The maximum atomic E-state index is 6.12. The van der Waals surface area contributed by atoms with Gasteiger partial charge in [0.15, 0.2) is 22.8 Å². The Morgan fingerprint density at radius 2 is 1.57 bits per heavy atom. The van der Waals surface area contributed by atoms with Gasteiger partial charge in [0.25, 0.3) is 0 Å². The number of likely N-dealkylation sites (tertiary alicyclic amines) is 1. The van der Waals surface area contributed by atoms with Crippen molar-refractivity contribution < 1.29 is 0 Å². The lowest BCUT2D eigenvalue weighted by Crippen LogP contribution is -2.42. The van der Waals surface area contributed by atoms with Gasteiger partial charge in [0.1, 0.15) is 5.69 Å². The van der Waals surface area contributed by atoms with Crippen LogP contribution in [0.1, 0.15) is 38.7 Å². The third-order valence-corrected chi connectivity index (χ3v) is 5.57. The summed E-state index contributed by atoms with van der Waals surface area (Å²) in [5.74, 6) is 0.536. The molecule has 0 amide bonds. The predicted octanol–water partition coefficient (Wildman–Crippen LogP) is 2.60. The average Bonchev–Trinajstić information content (AvgIpc) is 2.65. The van der Waals surface area contributed by atoms with Gasteiger partial charge < -0.3 is 17.2 Å². The number of piperidine rings is 1. The van der Waals surface area contributed by atoms with E-state index in [-0.39, 0.29) is 17.6 Å². The maximum absolute atomic E-state index is 6.12. The molecule has 3 heterocycles. The number of nitrogens with zero attached hydrogens (tertiary/aromatic N) is 5. The van der Waals surface area contributed by atoms with Crippen molar-refractivity contribution in [2.24, 2.45) is 0 Å². The Balaban J connectivity index is 1.63. The van der Waals surface area contributed by atoms with E-state index in [0.29, 0.717) is 28.9 Å². The molecule has 28 heavy (non-hydrogen) atoms. The summed E-state index contributed by atoms with van der Waals surface area (Å²) in [6.07, 6.45) is 3.84. The van der Waals surface area contributed by atoms with Crippen molar-refractivity contribution in [1.29, 1.82) is 0 Å². The smallest absolute Gasteiger partial charge is 0.224 e. The number of aromatic nitrogens is 4. The molecule has 6 N–H and O–H groups in total. The summed E-state index contributed by atoms with van der Waals surface area (Å²) in [4.78, 5) is 19.4. The van der Waals surface area contributed by atoms with E-state index in [1.807, 2.05) is 12.1 Å². The van der Waals surface area contributed by atoms with Crippen molar-refractivity contribution in [2.75, 3.05) is 17.2 Å². The molecule has 0 aliphatic carbocycles. The maximum Gasteiger partial charge on any atom is 0.224 e. The van der Waals surface area contributed by atoms with Crippen LogP contribution in [0, 0.1) is 0 Å². The first-order valence-electron chi connectivity index (χ1n) is 9.63. The van der Waals surface area contributed by atoms with Gasteiger partial charge in [0, 0.05) is 24.2 Å². The predicted molar refractivity (Wildman–Crippen MR) is 112 cm³/mol. The minimum Gasteiger partial charge on any atom is -0.382 e. The molecule has 0 spiro atoms. The number of benzene rings is 1. The van der Waals surface area contributed by atoms with Crippen LogP contribution in [-0.4, -0.2) is 36.9 Å². The van der Waals surface area contributed by atoms with Gasteiger partial charge in [0.05, 0.1) is 0 Å². The van der Waals surface area contributed by atoms with E-state index >= 15 is 0 Å². The number of fused-ring (bicyclic) bond motifs is 1. The van der Waals surface area contributed by atoms with E-state index in [1.54, 1.807) is 0 Å². The van der Waals surface area contributed by atoms with Crippen molar-refractivity contribution in [2.45, 2.75) is 51.7 Å². The van der Waals surface area contributed by atoms with Crippen molar-refractivity contribution >= 4 is 28.7 Å². The quantitative estimate of drug-likeness (QED) is 0.633. The van der Waals surface area contributed by atoms with Gasteiger partial charge in [-0.15, -0.1) is 0 Å². The standard InChI is InChI=1S/C20H26N8/c1-11-4-3-5-12(2)28(11)10-13-6-8-14(9-7-13)15-17(21)25-19-16(24-15)18(22)26-20(23)27-19/h6-9,11-12H,3-5,10H2,1-2H3,(H6,21,22,23,25,26,27). The molecule has 2 unspecified atom stereocenters. The van der Waals surface area contributed by atoms with E-state index < -0.39 is 0 Å². The van der Waals surface area contributed by atoms with Gasteiger partial charge in [-0.3, -0.25) is 4.90 Å². The molecule has 2 atom stereocenters. The zero-order chi connectivity index (χ0) is 19.8. The fourth-order valence-corrected chi connectivity index (χ4v) is 3.98. The Morgan fingerprint density at radius 1 is 0.893 bits per heavy atom. The van der Waals surface area contributed by atoms with Crippen molar-refractivity contribution in [3.63, 3.8) is 0 Å². The molecule has 3 aromatic rings. The number of hydrogen-bond acceptors (Lipinski definition) is 8. The first-order chi connectivity index (χ1) is 13.4. The van der Waals surface area contributed by atoms with Crippen LogP contribution in [-0.2, 0) is 6.54 Å². The molecule has 1 saturated heterocycles. The second kappa shape index (κ2) is 7.20. The molecule has 146 valence electrons. The van der Waals surface area contributed by atoms with Gasteiger partial charge >= 0.3 is 0 Å². The zero-order valence-electron chi connectivity index (χ0n) is 16.3. The Kier molecular flexibility index (Phi) is 4.72. The molecule has 2 aromatic heterocycles. The molecular weight excluding hydrogens is 352 g/mol. The highest BCUT2D eigenvalue weighted by Crippen LogP contribution is 2.28. The molecule has 8 nitrogen and oxygen atoms in total. The number of nitrogens with two attached hydrogens (primary N) is 3. The Morgan fingerprint density at radius 3 is 2.25 bits per heavy atom. The van der Waals surface area contributed by atoms with Crippen LogP contribution < -0.4 is 17.2 Å². The number of nitrogen functional groups attached to an aromatic ring is 3. The second-order valence-corrected chi connectivity index (χ2v) is 7.59. The summed E-state index contributed by atoms with van der Waals surface area (Å²) in [5.41, 5.74) is 21.1. The Hall–Kier alpha value is -3.00. The SMILES string of the molecule is CC1CCCC(C)N1Cc1ccc(-c2nc3c(N)nc(N)nc3nc2N)cc1. The van der Waals surface area contributed by atoms with E-state index in [1.165, 1.54) is 24.8 Å². The van der Waals surface area contributed by atoms with Gasteiger partial charge in [-0.2, -0.15) is 9.97 Å². The zero-order valence-corrected chi connectivity index (χ0v) is 16.3. The number of hydrogen-bond donors (Lipinski definition) is 3. The summed E-state index contributed by atoms with van der Waals surface area (Å²) in [5, 5.41) is 0. The first kappa shape index (κ1) is 18.4. The number of rotatable bonds is 3. The van der Waals surface area contributed by atoms with Gasteiger partial charge in [-0.05, 0) is 32.3 Å². The summed E-state index contributed by atoms with van der Waals surface area (Å²) >= 11 is 0. The monoisotopic (exact) mass is 378 g/mol. The summed E-state index contributed by atoms with van der Waals surface area (Å²) in [7, 11) is 0. The van der Waals surface area contributed by atoms with Crippen LogP contribution in [0.2, 0.25) is 0 Å². The van der Waals surface area contributed by atoms with Crippen LogP contribution in [0.5, 0.6) is 0 Å². The molecule has 0 saturated carbocycles. The Bertz CT molecular complexity index is 991. The molecule has 1 fully saturated rings. The molecule has 0 bridgehead atoms. The molecule has 1 aliphatic rings. The highest BCUT2D eigenvalue weighted by molar-refractivity contribution is 5.87. The molecule has 1 aromatic carbocycles. The lowest BCUT2D eigenvalue weighted by atomic mass is 9.96. The van der Waals surface area contributed by atoms with E-state index in [9.17, 15) is 0 Å². The highest BCUT2D eigenvalue weighted by Gasteiger charge is 2.24.